The minimum Gasteiger partial charge on any atom is -0.497 e. The summed E-state index contributed by atoms with van der Waals surface area (Å²) in [5, 5.41) is 1.07. The molecule has 0 amide bonds. The number of nitrogens with zero attached hydrogens (tertiary/aromatic N) is 2. The van der Waals surface area contributed by atoms with Crippen LogP contribution in [0.4, 0.5) is 0 Å². The number of fused-ring (bicyclic) bond motifs is 1. The fourth-order valence-corrected chi connectivity index (χ4v) is 2.35. The molecule has 0 bridgehead atoms. The van der Waals surface area contributed by atoms with Crippen LogP contribution in [0.5, 0.6) is 5.75 Å². The molecule has 1 aromatic carbocycles. The maximum absolute atomic E-state index is 5.23. The van der Waals surface area contributed by atoms with Gasteiger partial charge in [-0.1, -0.05) is 6.07 Å². The monoisotopic (exact) mass is 264 g/mol. The summed E-state index contributed by atoms with van der Waals surface area (Å²) in [6.45, 7) is 4.08. The smallest absolute Gasteiger partial charge is 0.119 e. The van der Waals surface area contributed by atoms with Crippen molar-refractivity contribution in [1.82, 2.24) is 9.97 Å². The number of aryl methyl sites for hydroxylation is 2. The molecule has 3 aromatic rings. The van der Waals surface area contributed by atoms with Gasteiger partial charge in [0.25, 0.3) is 0 Å². The van der Waals surface area contributed by atoms with Crippen molar-refractivity contribution in [3.63, 3.8) is 0 Å². The lowest BCUT2D eigenvalue weighted by atomic mass is 10.1. The first-order valence-corrected chi connectivity index (χ1v) is 6.56. The summed E-state index contributed by atoms with van der Waals surface area (Å²) in [7, 11) is 1.67. The Kier molecular flexibility index (Phi) is 3.11. The highest BCUT2D eigenvalue weighted by Crippen LogP contribution is 2.23. The number of methoxy groups -OCH3 is 1. The van der Waals surface area contributed by atoms with E-state index in [1.807, 2.05) is 31.2 Å². The first kappa shape index (κ1) is 12.6. The summed E-state index contributed by atoms with van der Waals surface area (Å²) in [6, 6.07) is 14.1. The van der Waals surface area contributed by atoms with Crippen LogP contribution in [0, 0.1) is 13.8 Å². The molecule has 0 saturated carbocycles. The summed E-state index contributed by atoms with van der Waals surface area (Å²) in [5.41, 5.74) is 4.97. The highest BCUT2D eigenvalue weighted by molar-refractivity contribution is 5.82. The first-order valence-electron chi connectivity index (χ1n) is 6.56. The topological polar surface area (TPSA) is 35.0 Å². The van der Waals surface area contributed by atoms with E-state index in [1.54, 1.807) is 7.11 Å². The van der Waals surface area contributed by atoms with E-state index in [0.29, 0.717) is 0 Å². The molecule has 0 unspecified atom stereocenters. The summed E-state index contributed by atoms with van der Waals surface area (Å²) in [4.78, 5) is 9.24. The maximum atomic E-state index is 5.23. The van der Waals surface area contributed by atoms with Crippen LogP contribution < -0.4 is 4.74 Å². The quantitative estimate of drug-likeness (QED) is 0.703. The van der Waals surface area contributed by atoms with Gasteiger partial charge in [0.05, 0.1) is 24.0 Å². The Labute approximate surface area is 118 Å². The molecule has 2 aromatic heterocycles. The first-order chi connectivity index (χ1) is 9.65. The van der Waals surface area contributed by atoms with Crippen LogP contribution in [-0.4, -0.2) is 17.1 Å². The molecule has 0 aliphatic heterocycles. The van der Waals surface area contributed by atoms with Crippen LogP contribution in [0.1, 0.15) is 11.3 Å². The number of ether oxygens (including phenoxy) is 1. The molecule has 0 spiro atoms. The average Bonchev–Trinajstić information content (AvgIpc) is 2.45. The molecule has 100 valence electrons. The molecule has 20 heavy (non-hydrogen) atoms. The second kappa shape index (κ2) is 4.93. The predicted octanol–water partition coefficient (Wildman–Crippen LogP) is 3.92. The van der Waals surface area contributed by atoms with E-state index in [9.17, 15) is 0 Å². The van der Waals surface area contributed by atoms with E-state index in [0.717, 1.165) is 33.7 Å². The van der Waals surface area contributed by atoms with E-state index < -0.39 is 0 Å². The van der Waals surface area contributed by atoms with Crippen molar-refractivity contribution in [2.24, 2.45) is 0 Å². The Hall–Kier alpha value is -2.42. The molecule has 0 radical (unpaired) electrons. The van der Waals surface area contributed by atoms with Crippen molar-refractivity contribution in [2.75, 3.05) is 7.11 Å². The van der Waals surface area contributed by atoms with E-state index in [-0.39, 0.29) is 0 Å². The SMILES string of the molecule is COc1ccc2nc(-c3cc(C)cc(C)n3)ccc2c1. The second-order valence-electron chi connectivity index (χ2n) is 4.93. The summed E-state index contributed by atoms with van der Waals surface area (Å²) >= 11 is 0. The fourth-order valence-electron chi connectivity index (χ4n) is 2.35. The number of benzene rings is 1. The van der Waals surface area contributed by atoms with E-state index in [4.69, 9.17) is 4.74 Å². The van der Waals surface area contributed by atoms with Crippen molar-refractivity contribution in [2.45, 2.75) is 13.8 Å². The zero-order chi connectivity index (χ0) is 14.1. The molecule has 2 heterocycles. The van der Waals surface area contributed by atoms with E-state index in [2.05, 4.69) is 35.1 Å². The largest absolute Gasteiger partial charge is 0.497 e. The van der Waals surface area contributed by atoms with Gasteiger partial charge < -0.3 is 4.74 Å². The third-order valence-electron chi connectivity index (χ3n) is 3.26. The van der Waals surface area contributed by atoms with Crippen molar-refractivity contribution in [3.05, 3.63) is 53.7 Å². The normalized spacial score (nSPS) is 10.8. The van der Waals surface area contributed by atoms with Gasteiger partial charge in [0.1, 0.15) is 5.75 Å². The number of rotatable bonds is 2. The van der Waals surface area contributed by atoms with E-state index >= 15 is 0 Å². The minimum absolute atomic E-state index is 0.844. The maximum Gasteiger partial charge on any atom is 0.119 e. The molecule has 3 heteroatoms. The van der Waals surface area contributed by atoms with Crippen LogP contribution >= 0.6 is 0 Å². The molecular formula is C17H16N2O. The van der Waals surface area contributed by atoms with Gasteiger partial charge in [0.15, 0.2) is 0 Å². The lowest BCUT2D eigenvalue weighted by Crippen LogP contribution is -1.92. The van der Waals surface area contributed by atoms with Crippen LogP contribution in [0.25, 0.3) is 22.3 Å². The Morgan fingerprint density at radius 2 is 1.70 bits per heavy atom. The molecule has 0 fully saturated rings. The molecule has 0 aliphatic carbocycles. The number of aromatic nitrogens is 2. The van der Waals surface area contributed by atoms with Gasteiger partial charge in [-0.15, -0.1) is 0 Å². The molecular weight excluding hydrogens is 248 g/mol. The van der Waals surface area contributed by atoms with Crippen molar-refractivity contribution >= 4 is 10.9 Å². The Balaban J connectivity index is 2.12. The van der Waals surface area contributed by atoms with Gasteiger partial charge in [-0.05, 0) is 55.8 Å². The fraction of sp³-hybridized carbons (Fsp3) is 0.176. The second-order valence-corrected chi connectivity index (χ2v) is 4.93. The average molecular weight is 264 g/mol. The lowest BCUT2D eigenvalue weighted by molar-refractivity contribution is 0.415. The highest BCUT2D eigenvalue weighted by atomic mass is 16.5. The molecule has 0 N–H and O–H groups in total. The standard InChI is InChI=1S/C17H16N2O/c1-11-8-12(2)18-17(9-11)16-6-4-13-10-14(20-3)5-7-15(13)19-16/h4-10H,1-3H3. The third-order valence-corrected chi connectivity index (χ3v) is 3.26. The predicted molar refractivity (Wildman–Crippen MR) is 81.0 cm³/mol. The highest BCUT2D eigenvalue weighted by Gasteiger charge is 2.05. The summed E-state index contributed by atoms with van der Waals surface area (Å²) in [5.74, 6) is 0.844. The third kappa shape index (κ3) is 2.35. The van der Waals surface area contributed by atoms with Crippen LogP contribution in [0.2, 0.25) is 0 Å². The summed E-state index contributed by atoms with van der Waals surface area (Å²) in [6.07, 6.45) is 0. The molecule has 0 saturated heterocycles. The lowest BCUT2D eigenvalue weighted by Gasteiger charge is -2.06. The Bertz CT molecular complexity index is 761. The van der Waals surface area contributed by atoms with E-state index in [1.165, 1.54) is 5.56 Å². The van der Waals surface area contributed by atoms with Gasteiger partial charge in [-0.2, -0.15) is 0 Å². The van der Waals surface area contributed by atoms with Crippen molar-refractivity contribution in [1.29, 1.82) is 0 Å². The van der Waals surface area contributed by atoms with Crippen molar-refractivity contribution < 1.29 is 4.74 Å². The number of hydrogen-bond acceptors (Lipinski definition) is 3. The Morgan fingerprint density at radius 3 is 2.45 bits per heavy atom. The minimum atomic E-state index is 0.844. The molecule has 3 nitrogen and oxygen atoms in total. The van der Waals surface area contributed by atoms with Gasteiger partial charge in [0, 0.05) is 11.1 Å². The van der Waals surface area contributed by atoms with Gasteiger partial charge in [-0.25, -0.2) is 4.98 Å². The zero-order valence-electron chi connectivity index (χ0n) is 11.8. The zero-order valence-corrected chi connectivity index (χ0v) is 11.8. The van der Waals surface area contributed by atoms with Crippen LogP contribution in [0.3, 0.4) is 0 Å². The Morgan fingerprint density at radius 1 is 0.850 bits per heavy atom. The van der Waals surface area contributed by atoms with Crippen LogP contribution in [-0.2, 0) is 0 Å². The summed E-state index contributed by atoms with van der Waals surface area (Å²) < 4.78 is 5.23. The molecule has 0 atom stereocenters. The number of hydrogen-bond donors (Lipinski definition) is 0. The van der Waals surface area contributed by atoms with Gasteiger partial charge in [0.2, 0.25) is 0 Å². The van der Waals surface area contributed by atoms with Gasteiger partial charge in [-0.3, -0.25) is 4.98 Å². The molecule has 3 rings (SSSR count). The van der Waals surface area contributed by atoms with Gasteiger partial charge >= 0.3 is 0 Å². The number of pyridine rings is 2. The van der Waals surface area contributed by atoms with Crippen LogP contribution in [0.15, 0.2) is 42.5 Å². The molecule has 0 aliphatic rings. The van der Waals surface area contributed by atoms with Crippen molar-refractivity contribution in [3.8, 4) is 17.1 Å².